The van der Waals surface area contributed by atoms with Gasteiger partial charge in [-0.25, -0.2) is 4.39 Å². The number of piperidine rings is 1. The van der Waals surface area contributed by atoms with Gasteiger partial charge in [0.15, 0.2) is 0 Å². The molecule has 1 saturated heterocycles. The van der Waals surface area contributed by atoms with Crippen LogP contribution in [0.2, 0.25) is 0 Å². The summed E-state index contributed by atoms with van der Waals surface area (Å²) in [5.41, 5.74) is 0.943. The average Bonchev–Trinajstić information content (AvgIpc) is 2.28. The van der Waals surface area contributed by atoms with E-state index in [0.29, 0.717) is 0 Å². The molecule has 1 heterocycles. The Morgan fingerprint density at radius 1 is 1.31 bits per heavy atom. The van der Waals surface area contributed by atoms with Crippen LogP contribution >= 0.6 is 15.9 Å². The maximum absolute atomic E-state index is 13.4. The molecule has 4 heteroatoms. The first kappa shape index (κ1) is 12.0. The molecule has 0 spiro atoms. The monoisotopic (exact) mass is 286 g/mol. The number of rotatable bonds is 2. The zero-order chi connectivity index (χ0) is 11.6. The minimum absolute atomic E-state index is 0.0874. The molecule has 1 aromatic rings. The lowest BCUT2D eigenvalue weighted by Crippen LogP contribution is -2.48. The van der Waals surface area contributed by atoms with Gasteiger partial charge in [0, 0.05) is 10.0 Å². The molecule has 0 atom stereocenters. The van der Waals surface area contributed by atoms with Crippen LogP contribution in [0.4, 0.5) is 4.39 Å². The fourth-order valence-electron chi connectivity index (χ4n) is 2.37. The van der Waals surface area contributed by atoms with Gasteiger partial charge in [-0.05, 0) is 56.7 Å². The largest absolute Gasteiger partial charge is 0.317 e. The minimum Gasteiger partial charge on any atom is -0.317 e. The Labute approximate surface area is 104 Å². The molecule has 2 N–H and O–H groups in total. The molecule has 0 radical (unpaired) electrons. The number of halogens is 2. The minimum atomic E-state index is -0.183. The highest BCUT2D eigenvalue weighted by atomic mass is 79.9. The van der Waals surface area contributed by atoms with Crippen molar-refractivity contribution in [1.29, 1.82) is 0 Å². The van der Waals surface area contributed by atoms with Crippen molar-refractivity contribution < 1.29 is 4.39 Å². The molecule has 1 aliphatic heterocycles. The van der Waals surface area contributed by atoms with E-state index in [1.807, 2.05) is 13.1 Å². The molecule has 1 aromatic carbocycles. The van der Waals surface area contributed by atoms with Crippen molar-refractivity contribution in [2.24, 2.45) is 0 Å². The molecule has 0 unspecified atom stereocenters. The van der Waals surface area contributed by atoms with Crippen molar-refractivity contribution in [1.82, 2.24) is 10.6 Å². The zero-order valence-corrected chi connectivity index (χ0v) is 10.9. The summed E-state index contributed by atoms with van der Waals surface area (Å²) in [4.78, 5) is 0. The van der Waals surface area contributed by atoms with E-state index >= 15 is 0 Å². The van der Waals surface area contributed by atoms with Crippen molar-refractivity contribution in [2.75, 3.05) is 20.1 Å². The van der Waals surface area contributed by atoms with E-state index in [-0.39, 0.29) is 11.4 Å². The molecular weight excluding hydrogens is 271 g/mol. The van der Waals surface area contributed by atoms with Gasteiger partial charge >= 0.3 is 0 Å². The van der Waals surface area contributed by atoms with Crippen LogP contribution in [0.3, 0.4) is 0 Å². The predicted molar refractivity (Wildman–Crippen MR) is 66.9 cm³/mol. The van der Waals surface area contributed by atoms with Gasteiger partial charge in [-0.1, -0.05) is 15.9 Å². The Morgan fingerprint density at radius 3 is 2.56 bits per heavy atom. The molecule has 0 amide bonds. The van der Waals surface area contributed by atoms with Crippen LogP contribution in [0.25, 0.3) is 0 Å². The molecule has 0 aromatic heterocycles. The topological polar surface area (TPSA) is 24.1 Å². The number of nitrogens with one attached hydrogen (secondary N) is 2. The Hall–Kier alpha value is -0.450. The van der Waals surface area contributed by atoms with E-state index in [1.165, 1.54) is 6.07 Å². The standard InChI is InChI=1S/C12H16BrFN2/c1-15-12(2-4-16-5-3-12)9-6-10(13)8-11(14)7-9/h6-8,15-16H,2-5H2,1H3. The average molecular weight is 287 g/mol. The molecule has 0 aliphatic carbocycles. The Kier molecular flexibility index (Phi) is 3.62. The van der Waals surface area contributed by atoms with E-state index < -0.39 is 0 Å². The first-order valence-electron chi connectivity index (χ1n) is 5.52. The highest BCUT2D eigenvalue weighted by Crippen LogP contribution is 2.32. The van der Waals surface area contributed by atoms with Crippen LogP contribution in [0.5, 0.6) is 0 Å². The highest BCUT2D eigenvalue weighted by Gasteiger charge is 2.32. The summed E-state index contributed by atoms with van der Waals surface area (Å²) in [5.74, 6) is -0.183. The maximum Gasteiger partial charge on any atom is 0.124 e. The zero-order valence-electron chi connectivity index (χ0n) is 9.32. The lowest BCUT2D eigenvalue weighted by atomic mass is 9.81. The van der Waals surface area contributed by atoms with Gasteiger partial charge in [0.2, 0.25) is 0 Å². The number of hydrogen-bond donors (Lipinski definition) is 2. The van der Waals surface area contributed by atoms with Crippen LogP contribution in [0.1, 0.15) is 18.4 Å². The summed E-state index contributed by atoms with van der Waals surface area (Å²) < 4.78 is 14.2. The maximum atomic E-state index is 13.4. The third-order valence-electron chi connectivity index (χ3n) is 3.35. The third-order valence-corrected chi connectivity index (χ3v) is 3.81. The third kappa shape index (κ3) is 2.29. The lowest BCUT2D eigenvalue weighted by Gasteiger charge is -2.38. The van der Waals surface area contributed by atoms with E-state index in [1.54, 1.807) is 6.07 Å². The second-order valence-corrected chi connectivity index (χ2v) is 5.16. The van der Waals surface area contributed by atoms with E-state index in [4.69, 9.17) is 0 Å². The van der Waals surface area contributed by atoms with Crippen molar-refractivity contribution in [3.63, 3.8) is 0 Å². The smallest absolute Gasteiger partial charge is 0.124 e. The summed E-state index contributed by atoms with van der Waals surface area (Å²) in [7, 11) is 1.95. The quantitative estimate of drug-likeness (QED) is 0.872. The normalized spacial score (nSPS) is 19.7. The fraction of sp³-hybridized carbons (Fsp3) is 0.500. The van der Waals surface area contributed by atoms with Crippen LogP contribution < -0.4 is 10.6 Å². The Bertz CT molecular complexity index is 355. The van der Waals surface area contributed by atoms with Crippen LogP contribution in [-0.2, 0) is 5.54 Å². The second-order valence-electron chi connectivity index (χ2n) is 4.24. The van der Waals surface area contributed by atoms with E-state index in [2.05, 4.69) is 26.6 Å². The lowest BCUT2D eigenvalue weighted by molar-refractivity contribution is 0.262. The summed E-state index contributed by atoms with van der Waals surface area (Å²) in [5, 5.41) is 6.69. The van der Waals surface area contributed by atoms with Gasteiger partial charge in [0.25, 0.3) is 0 Å². The molecule has 88 valence electrons. The Balaban J connectivity index is 2.38. The first-order chi connectivity index (χ1) is 7.66. The molecule has 1 fully saturated rings. The Morgan fingerprint density at radius 2 is 2.00 bits per heavy atom. The fourth-order valence-corrected chi connectivity index (χ4v) is 2.83. The molecule has 2 rings (SSSR count). The molecule has 0 saturated carbocycles. The number of hydrogen-bond acceptors (Lipinski definition) is 2. The first-order valence-corrected chi connectivity index (χ1v) is 6.32. The van der Waals surface area contributed by atoms with E-state index in [9.17, 15) is 4.39 Å². The van der Waals surface area contributed by atoms with E-state index in [0.717, 1.165) is 36.0 Å². The summed E-state index contributed by atoms with van der Waals surface area (Å²) >= 11 is 3.35. The van der Waals surface area contributed by atoms with Gasteiger partial charge < -0.3 is 10.6 Å². The van der Waals surface area contributed by atoms with Crippen LogP contribution in [0, 0.1) is 5.82 Å². The van der Waals surface area contributed by atoms with Crippen molar-refractivity contribution in [3.8, 4) is 0 Å². The molecule has 2 nitrogen and oxygen atoms in total. The van der Waals surface area contributed by atoms with Crippen LogP contribution in [-0.4, -0.2) is 20.1 Å². The van der Waals surface area contributed by atoms with Gasteiger partial charge in [0.1, 0.15) is 5.82 Å². The summed E-state index contributed by atoms with van der Waals surface area (Å²) in [6.45, 7) is 1.93. The van der Waals surface area contributed by atoms with Crippen molar-refractivity contribution in [2.45, 2.75) is 18.4 Å². The van der Waals surface area contributed by atoms with Gasteiger partial charge in [-0.2, -0.15) is 0 Å². The number of benzene rings is 1. The predicted octanol–water partition coefficient (Wildman–Crippen LogP) is 2.39. The summed E-state index contributed by atoms with van der Waals surface area (Å²) in [6, 6.07) is 5.13. The molecule has 0 bridgehead atoms. The summed E-state index contributed by atoms with van der Waals surface area (Å²) in [6.07, 6.45) is 1.97. The molecule has 1 aliphatic rings. The molecule has 16 heavy (non-hydrogen) atoms. The van der Waals surface area contributed by atoms with Gasteiger partial charge in [0.05, 0.1) is 0 Å². The van der Waals surface area contributed by atoms with Crippen LogP contribution in [0.15, 0.2) is 22.7 Å². The van der Waals surface area contributed by atoms with Crippen molar-refractivity contribution in [3.05, 3.63) is 34.1 Å². The SMILES string of the molecule is CNC1(c2cc(F)cc(Br)c2)CCNCC1. The van der Waals surface area contributed by atoms with Gasteiger partial charge in [-0.15, -0.1) is 0 Å². The molecular formula is C12H16BrFN2. The second kappa shape index (κ2) is 4.82. The van der Waals surface area contributed by atoms with Crippen molar-refractivity contribution >= 4 is 15.9 Å². The highest BCUT2D eigenvalue weighted by molar-refractivity contribution is 9.10. The van der Waals surface area contributed by atoms with Gasteiger partial charge in [-0.3, -0.25) is 0 Å².